The van der Waals surface area contributed by atoms with Crippen molar-refractivity contribution in [3.63, 3.8) is 0 Å². The summed E-state index contributed by atoms with van der Waals surface area (Å²) in [5.41, 5.74) is 0.632. The Morgan fingerprint density at radius 2 is 1.83 bits per heavy atom. The number of hydrogen-bond acceptors (Lipinski definition) is 3. The highest BCUT2D eigenvalue weighted by molar-refractivity contribution is 5.59. The molecule has 1 aliphatic heterocycles. The van der Waals surface area contributed by atoms with E-state index in [9.17, 15) is 8.78 Å². The van der Waals surface area contributed by atoms with E-state index in [0.717, 1.165) is 38.8 Å². The zero-order valence-corrected chi connectivity index (χ0v) is 10.7. The van der Waals surface area contributed by atoms with E-state index < -0.39 is 11.6 Å². The molecule has 18 heavy (non-hydrogen) atoms. The van der Waals surface area contributed by atoms with Crippen LogP contribution >= 0.6 is 0 Å². The van der Waals surface area contributed by atoms with Crippen LogP contribution < -0.4 is 9.64 Å². The quantitative estimate of drug-likeness (QED) is 0.824. The van der Waals surface area contributed by atoms with Gasteiger partial charge in [-0.25, -0.2) is 4.39 Å². The highest BCUT2D eigenvalue weighted by atomic mass is 19.2. The molecule has 3 nitrogen and oxygen atoms in total. The molecular weight excluding hydrogens is 238 g/mol. The molecule has 0 atom stereocenters. The van der Waals surface area contributed by atoms with Crippen molar-refractivity contribution in [1.29, 1.82) is 0 Å². The molecule has 5 heteroatoms. The highest BCUT2D eigenvalue weighted by Crippen LogP contribution is 2.33. The first-order chi connectivity index (χ1) is 8.67. The lowest BCUT2D eigenvalue weighted by atomic mass is 10.2. The van der Waals surface area contributed by atoms with Crippen molar-refractivity contribution in [3.8, 4) is 5.75 Å². The molecular formula is C13H18F2N2O. The first-order valence-electron chi connectivity index (χ1n) is 6.16. The van der Waals surface area contributed by atoms with Gasteiger partial charge in [0.2, 0.25) is 5.82 Å². The first kappa shape index (κ1) is 13.1. The lowest BCUT2D eigenvalue weighted by Crippen LogP contribution is -2.46. The normalized spacial score (nSPS) is 17.0. The topological polar surface area (TPSA) is 15.7 Å². The standard InChI is InChI=1S/C13H18F2N2O/c1-3-16-6-8-17(9-7-16)11-5-4-10(14)12(15)13(11)18-2/h4-5H,3,6-9H2,1-2H3. The summed E-state index contributed by atoms with van der Waals surface area (Å²) in [5, 5.41) is 0. The van der Waals surface area contributed by atoms with E-state index in [4.69, 9.17) is 4.74 Å². The number of hydrogen-bond donors (Lipinski definition) is 0. The number of methoxy groups -OCH3 is 1. The summed E-state index contributed by atoms with van der Waals surface area (Å²) in [7, 11) is 1.36. The van der Waals surface area contributed by atoms with Gasteiger partial charge in [-0.3, -0.25) is 0 Å². The molecule has 0 N–H and O–H groups in total. The van der Waals surface area contributed by atoms with E-state index in [1.807, 2.05) is 4.90 Å². The van der Waals surface area contributed by atoms with Gasteiger partial charge in [-0.15, -0.1) is 0 Å². The Labute approximate surface area is 106 Å². The van der Waals surface area contributed by atoms with Crippen LogP contribution in [0, 0.1) is 11.6 Å². The molecule has 1 aromatic rings. The predicted octanol–water partition coefficient (Wildman–Crippen LogP) is 2.12. The van der Waals surface area contributed by atoms with Crippen LogP contribution in [0.5, 0.6) is 5.75 Å². The highest BCUT2D eigenvalue weighted by Gasteiger charge is 2.22. The fraction of sp³-hybridized carbons (Fsp3) is 0.538. The number of anilines is 1. The van der Waals surface area contributed by atoms with Gasteiger partial charge in [0.05, 0.1) is 12.8 Å². The van der Waals surface area contributed by atoms with Crippen molar-refractivity contribution in [1.82, 2.24) is 4.90 Å². The largest absolute Gasteiger partial charge is 0.491 e. The summed E-state index contributed by atoms with van der Waals surface area (Å²) >= 11 is 0. The lowest BCUT2D eigenvalue weighted by molar-refractivity contribution is 0.269. The van der Waals surface area contributed by atoms with Gasteiger partial charge >= 0.3 is 0 Å². The maximum atomic E-state index is 13.6. The number of halogens is 2. The molecule has 0 aromatic heterocycles. The van der Waals surface area contributed by atoms with Gasteiger partial charge in [-0.1, -0.05) is 6.92 Å². The van der Waals surface area contributed by atoms with Crippen molar-refractivity contribution >= 4 is 5.69 Å². The molecule has 0 radical (unpaired) electrons. The maximum Gasteiger partial charge on any atom is 0.202 e. The molecule has 0 unspecified atom stereocenters. The van der Waals surface area contributed by atoms with E-state index in [1.165, 1.54) is 7.11 Å². The molecule has 0 saturated carbocycles. The number of likely N-dealkylation sites (N-methyl/N-ethyl adjacent to an activating group) is 1. The van der Waals surface area contributed by atoms with E-state index in [-0.39, 0.29) is 5.75 Å². The smallest absolute Gasteiger partial charge is 0.202 e. The van der Waals surface area contributed by atoms with Crippen molar-refractivity contribution in [2.24, 2.45) is 0 Å². The Kier molecular flexibility index (Phi) is 4.01. The average Bonchev–Trinajstić information content (AvgIpc) is 2.42. The van der Waals surface area contributed by atoms with Gasteiger partial charge in [0.1, 0.15) is 0 Å². The molecule has 1 aliphatic rings. The molecule has 1 aromatic carbocycles. The van der Waals surface area contributed by atoms with E-state index >= 15 is 0 Å². The predicted molar refractivity (Wildman–Crippen MR) is 67.2 cm³/mol. The van der Waals surface area contributed by atoms with Crippen LogP contribution in [-0.4, -0.2) is 44.7 Å². The molecule has 1 heterocycles. The summed E-state index contributed by atoms with van der Waals surface area (Å²) in [6.45, 7) is 6.60. The second-order valence-corrected chi connectivity index (χ2v) is 4.34. The molecule has 1 fully saturated rings. The summed E-state index contributed by atoms with van der Waals surface area (Å²) in [6, 6.07) is 2.73. The number of ether oxygens (including phenoxy) is 1. The summed E-state index contributed by atoms with van der Waals surface area (Å²) in [6.07, 6.45) is 0. The van der Waals surface area contributed by atoms with Crippen LogP contribution in [-0.2, 0) is 0 Å². The van der Waals surface area contributed by atoms with E-state index in [1.54, 1.807) is 6.07 Å². The molecule has 2 rings (SSSR count). The van der Waals surface area contributed by atoms with Gasteiger partial charge in [-0.05, 0) is 18.7 Å². The van der Waals surface area contributed by atoms with Crippen LogP contribution in [0.1, 0.15) is 6.92 Å². The van der Waals surface area contributed by atoms with E-state index in [2.05, 4.69) is 11.8 Å². The van der Waals surface area contributed by atoms with Crippen LogP contribution in [0.3, 0.4) is 0 Å². The zero-order valence-electron chi connectivity index (χ0n) is 10.7. The Morgan fingerprint density at radius 3 is 2.39 bits per heavy atom. The number of rotatable bonds is 3. The maximum absolute atomic E-state index is 13.6. The van der Waals surface area contributed by atoms with Gasteiger partial charge in [0.15, 0.2) is 11.6 Å². The van der Waals surface area contributed by atoms with Gasteiger partial charge in [0, 0.05) is 26.2 Å². The molecule has 100 valence electrons. The van der Waals surface area contributed by atoms with Crippen molar-refractivity contribution < 1.29 is 13.5 Å². The average molecular weight is 256 g/mol. The molecule has 0 amide bonds. The Morgan fingerprint density at radius 1 is 1.17 bits per heavy atom. The Balaban J connectivity index is 2.21. The van der Waals surface area contributed by atoms with Gasteiger partial charge < -0.3 is 14.5 Å². The third-order valence-electron chi connectivity index (χ3n) is 3.39. The second-order valence-electron chi connectivity index (χ2n) is 4.34. The third kappa shape index (κ3) is 2.41. The monoisotopic (exact) mass is 256 g/mol. The number of piperazine rings is 1. The minimum absolute atomic E-state index is 0.0000477. The summed E-state index contributed by atoms with van der Waals surface area (Å²) in [5.74, 6) is -1.78. The summed E-state index contributed by atoms with van der Waals surface area (Å²) < 4.78 is 31.8. The van der Waals surface area contributed by atoms with Crippen LogP contribution in [0.4, 0.5) is 14.5 Å². The van der Waals surface area contributed by atoms with Crippen LogP contribution in [0.2, 0.25) is 0 Å². The van der Waals surface area contributed by atoms with Gasteiger partial charge in [0.25, 0.3) is 0 Å². The van der Waals surface area contributed by atoms with Crippen molar-refractivity contribution in [2.75, 3.05) is 44.7 Å². The molecule has 1 saturated heterocycles. The first-order valence-corrected chi connectivity index (χ1v) is 6.16. The van der Waals surface area contributed by atoms with Crippen molar-refractivity contribution in [2.45, 2.75) is 6.92 Å². The SMILES string of the molecule is CCN1CCN(c2ccc(F)c(F)c2OC)CC1. The third-order valence-corrected chi connectivity index (χ3v) is 3.39. The fourth-order valence-electron chi connectivity index (χ4n) is 2.27. The molecule has 0 aliphatic carbocycles. The van der Waals surface area contributed by atoms with Crippen LogP contribution in [0.15, 0.2) is 12.1 Å². The fourth-order valence-corrected chi connectivity index (χ4v) is 2.27. The molecule has 0 spiro atoms. The second kappa shape index (κ2) is 5.52. The Hall–Kier alpha value is -1.36. The van der Waals surface area contributed by atoms with E-state index in [0.29, 0.717) is 5.69 Å². The zero-order chi connectivity index (χ0) is 13.1. The Bertz CT molecular complexity index is 418. The minimum Gasteiger partial charge on any atom is -0.491 e. The number of benzene rings is 1. The van der Waals surface area contributed by atoms with Crippen molar-refractivity contribution in [3.05, 3.63) is 23.8 Å². The number of nitrogens with zero attached hydrogens (tertiary/aromatic N) is 2. The lowest BCUT2D eigenvalue weighted by Gasteiger charge is -2.36. The van der Waals surface area contributed by atoms with Crippen LogP contribution in [0.25, 0.3) is 0 Å². The molecule has 0 bridgehead atoms. The minimum atomic E-state index is -0.909. The van der Waals surface area contributed by atoms with Gasteiger partial charge in [-0.2, -0.15) is 4.39 Å². The summed E-state index contributed by atoms with van der Waals surface area (Å²) in [4.78, 5) is 4.36.